The molecule has 2 heterocycles. The van der Waals surface area contributed by atoms with Crippen LogP contribution in [-0.4, -0.2) is 45.0 Å². The zero-order chi connectivity index (χ0) is 44.5. The number of nitrogens with zero attached hydrogens (tertiary/aromatic N) is 4. The number of hydrogen-bond donors (Lipinski definition) is 0. The topological polar surface area (TPSA) is 13.0 Å². The molecule has 9 heteroatoms. The minimum atomic E-state index is -0.387. The van der Waals surface area contributed by atoms with E-state index < -0.39 is 0 Å². The van der Waals surface area contributed by atoms with Gasteiger partial charge in [-0.1, -0.05) is 206 Å². The fourth-order valence-electron chi connectivity index (χ4n) is 8.10. The third-order valence-electron chi connectivity index (χ3n) is 11.2. The van der Waals surface area contributed by atoms with Gasteiger partial charge >= 0.3 is 33.0 Å². The number of benzene rings is 8. The van der Waals surface area contributed by atoms with E-state index in [0.717, 1.165) is 38.5 Å². The molecule has 0 fully saturated rings. The van der Waals surface area contributed by atoms with Crippen molar-refractivity contribution >= 4 is 79.0 Å². The van der Waals surface area contributed by atoms with Crippen LogP contribution in [0.2, 0.25) is 0 Å². The number of fused-ring (bicyclic) bond motifs is 2. The second-order valence-electron chi connectivity index (χ2n) is 15.4. The van der Waals surface area contributed by atoms with E-state index in [1.54, 1.807) is 0 Å². The normalized spacial score (nSPS) is 13.2. The summed E-state index contributed by atoms with van der Waals surface area (Å²) in [5, 5.41) is 10.9. The standard InChI is InChI=1S/2C28H25N2P.2ClH.Ni/c2*1-3-13-26(14-4-1)31(27-15-5-2-6-16-27)21-20-29-18-19-30(23-29)22-25-12-9-11-24-10-7-8-17-28(24)25;;;/h2*1-19H,20-22H2;2*1H;/q;;;;+2/p-2. The summed E-state index contributed by atoms with van der Waals surface area (Å²) in [4.78, 5) is 8.73. The van der Waals surface area contributed by atoms with E-state index in [-0.39, 0.29) is 15.8 Å². The fraction of sp³-hybridized carbons (Fsp3) is 0.107. The second-order valence-corrected chi connectivity index (χ2v) is 21.7. The van der Waals surface area contributed by atoms with Crippen LogP contribution in [0.3, 0.4) is 0 Å². The summed E-state index contributed by atoms with van der Waals surface area (Å²) in [6, 6.07) is 73.9. The first kappa shape index (κ1) is 46.4. The number of halogens is 2. The summed E-state index contributed by atoms with van der Waals surface area (Å²) in [6.07, 6.45) is 10.8. The fourth-order valence-corrected chi connectivity index (χ4v) is 12.7. The SMILES string of the molecule is [C]1N(CCP(c2ccccc2)c2ccccc2)C=CN1Cc1cccc2ccccc12.[C]1N(CCP(c2ccccc2)c2ccccc2)C=CN1Cc1cccc2ccccc12.[Cl][Ni][Cl]. The summed E-state index contributed by atoms with van der Waals surface area (Å²) in [5.41, 5.74) is 2.65. The van der Waals surface area contributed by atoms with Crippen molar-refractivity contribution in [1.82, 2.24) is 19.6 Å². The van der Waals surface area contributed by atoms with Gasteiger partial charge in [-0.25, -0.2) is 0 Å². The average molecular weight is 971 g/mol. The molecule has 0 saturated carbocycles. The molecular formula is C56H50Cl2N4NiP2. The van der Waals surface area contributed by atoms with E-state index >= 15 is 0 Å². The van der Waals surface area contributed by atoms with Crippen molar-refractivity contribution in [1.29, 1.82) is 0 Å². The molecule has 0 aliphatic carbocycles. The Kier molecular flexibility index (Phi) is 17.4. The summed E-state index contributed by atoms with van der Waals surface area (Å²) < 4.78 is 0. The van der Waals surface area contributed by atoms with E-state index in [0.29, 0.717) is 12.7 Å². The van der Waals surface area contributed by atoms with E-state index in [2.05, 4.69) is 264 Å². The van der Waals surface area contributed by atoms with Crippen LogP contribution in [0.15, 0.2) is 231 Å². The Morgan fingerprint density at radius 1 is 0.354 bits per heavy atom. The van der Waals surface area contributed by atoms with Gasteiger partial charge < -0.3 is 19.6 Å². The molecular weight excluding hydrogens is 920 g/mol. The van der Waals surface area contributed by atoms with Crippen molar-refractivity contribution in [2.45, 2.75) is 13.1 Å². The van der Waals surface area contributed by atoms with Crippen molar-refractivity contribution in [3.05, 3.63) is 256 Å². The average Bonchev–Trinajstić information content (AvgIpc) is 4.03. The molecule has 10 rings (SSSR count). The molecule has 0 saturated heterocycles. The summed E-state index contributed by atoms with van der Waals surface area (Å²) in [7, 11) is 8.63. The predicted molar refractivity (Wildman–Crippen MR) is 277 cm³/mol. The Hall–Kier alpha value is -5.11. The van der Waals surface area contributed by atoms with Crippen molar-refractivity contribution in [2.24, 2.45) is 0 Å². The van der Waals surface area contributed by atoms with Crippen molar-refractivity contribution in [3.8, 4) is 0 Å². The van der Waals surface area contributed by atoms with Crippen LogP contribution in [0.4, 0.5) is 0 Å². The van der Waals surface area contributed by atoms with Crippen LogP contribution in [0.25, 0.3) is 21.5 Å². The zero-order valence-electron chi connectivity index (χ0n) is 35.9. The van der Waals surface area contributed by atoms with Gasteiger partial charge in [0.25, 0.3) is 0 Å². The van der Waals surface area contributed by atoms with Crippen molar-refractivity contribution in [2.75, 3.05) is 25.4 Å². The Labute approximate surface area is 402 Å². The first-order chi connectivity index (χ1) is 32.1. The number of rotatable bonds is 14. The van der Waals surface area contributed by atoms with Crippen LogP contribution in [0.1, 0.15) is 11.1 Å². The minimum absolute atomic E-state index is 0.387. The summed E-state index contributed by atoms with van der Waals surface area (Å²) in [5.74, 6) is 0. The molecule has 0 N–H and O–H groups in total. The van der Waals surface area contributed by atoms with Crippen molar-refractivity contribution < 1.29 is 12.7 Å². The second kappa shape index (κ2) is 24.4. The van der Waals surface area contributed by atoms with Crippen LogP contribution < -0.4 is 21.2 Å². The molecule has 0 bridgehead atoms. The van der Waals surface area contributed by atoms with Crippen LogP contribution in [-0.2, 0) is 25.7 Å². The first-order valence-corrected chi connectivity index (χ1v) is 27.4. The maximum absolute atomic E-state index is 4.70. The van der Waals surface area contributed by atoms with Gasteiger partial charge in [0.05, 0.1) is 0 Å². The van der Waals surface area contributed by atoms with E-state index in [1.807, 2.05) is 0 Å². The van der Waals surface area contributed by atoms with Gasteiger partial charge in [-0.05, 0) is 82.1 Å². The molecule has 0 amide bonds. The molecule has 8 aromatic carbocycles. The molecule has 8 aromatic rings. The summed E-state index contributed by atoms with van der Waals surface area (Å²) >= 11 is 0.569. The monoisotopic (exact) mass is 968 g/mol. The van der Waals surface area contributed by atoms with Gasteiger partial charge in [0.15, 0.2) is 0 Å². The van der Waals surface area contributed by atoms with Gasteiger partial charge in [0, 0.05) is 51.0 Å². The third kappa shape index (κ3) is 13.0. The Morgan fingerprint density at radius 3 is 1.00 bits per heavy atom. The quantitative estimate of drug-likeness (QED) is 0.0795. The molecule has 2 aliphatic heterocycles. The Morgan fingerprint density at radius 2 is 0.646 bits per heavy atom. The van der Waals surface area contributed by atoms with E-state index in [4.69, 9.17) is 20.4 Å². The van der Waals surface area contributed by atoms with Gasteiger partial charge in [-0.2, -0.15) is 0 Å². The van der Waals surface area contributed by atoms with E-state index in [1.165, 1.54) is 53.9 Å². The molecule has 328 valence electrons. The van der Waals surface area contributed by atoms with Crippen LogP contribution in [0.5, 0.6) is 0 Å². The predicted octanol–water partition coefficient (Wildman–Crippen LogP) is 12.5. The summed E-state index contributed by atoms with van der Waals surface area (Å²) in [6.45, 7) is 10.6. The van der Waals surface area contributed by atoms with E-state index in [9.17, 15) is 0 Å². The Bertz CT molecular complexity index is 2450. The number of hydrogen-bond acceptors (Lipinski definition) is 4. The molecule has 4 radical (unpaired) electrons. The van der Waals surface area contributed by atoms with Gasteiger partial charge in [0.1, 0.15) is 0 Å². The third-order valence-corrected chi connectivity index (χ3v) is 16.2. The molecule has 0 aromatic heterocycles. The molecule has 2 aliphatic rings. The molecule has 65 heavy (non-hydrogen) atoms. The van der Waals surface area contributed by atoms with Crippen LogP contribution >= 0.6 is 36.2 Å². The zero-order valence-corrected chi connectivity index (χ0v) is 40.2. The first-order valence-electron chi connectivity index (χ1n) is 21.6. The molecule has 4 nitrogen and oxygen atoms in total. The Balaban J connectivity index is 0.000000167. The molecule has 0 spiro atoms. The molecule has 0 atom stereocenters. The molecule has 0 unspecified atom stereocenters. The van der Waals surface area contributed by atoms with Crippen molar-refractivity contribution in [3.63, 3.8) is 0 Å². The van der Waals surface area contributed by atoms with Gasteiger partial charge in [0.2, 0.25) is 13.3 Å². The van der Waals surface area contributed by atoms with Crippen LogP contribution in [0, 0.1) is 13.3 Å². The van der Waals surface area contributed by atoms with Gasteiger partial charge in [-0.15, -0.1) is 0 Å². The maximum atomic E-state index is 4.70. The van der Waals surface area contributed by atoms with Gasteiger partial charge in [-0.3, -0.25) is 0 Å².